The number of nitrogens with one attached hydrogen (secondary N) is 1. The maximum atomic E-state index is 12.2. The van der Waals surface area contributed by atoms with Gasteiger partial charge in [0.1, 0.15) is 5.75 Å². The highest BCUT2D eigenvalue weighted by Gasteiger charge is 2.22. The first-order valence-electron chi connectivity index (χ1n) is 10.5. The molecule has 1 heterocycles. The van der Waals surface area contributed by atoms with E-state index in [1.54, 1.807) is 40.3 Å². The Hall–Kier alpha value is -3.42. The number of rotatable bonds is 7. The molecule has 1 amide bonds. The maximum Gasteiger partial charge on any atom is 0.241 e. The third kappa shape index (κ3) is 5.63. The van der Waals surface area contributed by atoms with Crippen molar-refractivity contribution < 1.29 is 19.0 Å². The second kappa shape index (κ2) is 10.7. The summed E-state index contributed by atoms with van der Waals surface area (Å²) in [4.78, 5) is 20.7. The molecule has 32 heavy (non-hydrogen) atoms. The number of guanidine groups is 1. The lowest BCUT2D eigenvalue weighted by molar-refractivity contribution is -0.127. The standard InChI is InChI=1S/C24H32N4O4/c1-27(2)23(29)15-26-24(25-14-17-6-8-20(30-3)9-7-17)28-11-10-18-12-21(31-4)22(32-5)13-19(18)16-28/h6-9,12-13H,10-11,14-16H2,1-5H3,(H,25,26). The van der Waals surface area contributed by atoms with E-state index in [1.807, 2.05) is 36.4 Å². The minimum atomic E-state index is -0.00837. The first-order valence-corrected chi connectivity index (χ1v) is 10.5. The highest BCUT2D eigenvalue weighted by Crippen LogP contribution is 2.33. The lowest BCUT2D eigenvalue weighted by Gasteiger charge is -2.32. The normalized spacial score (nSPS) is 13.3. The SMILES string of the molecule is COc1ccc(CN=C(NCC(=O)N(C)C)N2CCc3cc(OC)c(OC)cc3C2)cc1. The van der Waals surface area contributed by atoms with Crippen LogP contribution in [0.25, 0.3) is 0 Å². The molecule has 2 aromatic carbocycles. The number of nitrogens with zero attached hydrogens (tertiary/aromatic N) is 3. The van der Waals surface area contributed by atoms with Gasteiger partial charge in [-0.05, 0) is 47.4 Å². The van der Waals surface area contributed by atoms with Crippen molar-refractivity contribution in [3.05, 3.63) is 53.1 Å². The third-order valence-corrected chi connectivity index (χ3v) is 5.48. The number of benzene rings is 2. The first-order chi connectivity index (χ1) is 15.4. The zero-order chi connectivity index (χ0) is 23.1. The Morgan fingerprint density at radius 1 is 1.03 bits per heavy atom. The molecule has 1 N–H and O–H groups in total. The molecular formula is C24H32N4O4. The van der Waals surface area contributed by atoms with Crippen LogP contribution >= 0.6 is 0 Å². The van der Waals surface area contributed by atoms with Gasteiger partial charge in [-0.25, -0.2) is 4.99 Å². The topological polar surface area (TPSA) is 75.6 Å². The molecule has 0 unspecified atom stereocenters. The number of carbonyl (C=O) groups excluding carboxylic acids is 1. The summed E-state index contributed by atoms with van der Waals surface area (Å²) in [7, 11) is 8.43. The molecule has 172 valence electrons. The van der Waals surface area contributed by atoms with Gasteiger partial charge in [-0.3, -0.25) is 4.79 Å². The van der Waals surface area contributed by atoms with Gasteiger partial charge in [-0.1, -0.05) is 12.1 Å². The second-order valence-electron chi connectivity index (χ2n) is 7.78. The van der Waals surface area contributed by atoms with Crippen molar-refractivity contribution in [3.63, 3.8) is 0 Å². The van der Waals surface area contributed by atoms with Gasteiger partial charge in [0, 0.05) is 27.2 Å². The van der Waals surface area contributed by atoms with Gasteiger partial charge in [0.05, 0.1) is 34.4 Å². The van der Waals surface area contributed by atoms with Gasteiger partial charge < -0.3 is 29.3 Å². The van der Waals surface area contributed by atoms with Crippen LogP contribution in [0.2, 0.25) is 0 Å². The number of ether oxygens (including phenoxy) is 3. The second-order valence-corrected chi connectivity index (χ2v) is 7.78. The summed E-state index contributed by atoms with van der Waals surface area (Å²) in [6.45, 7) is 2.13. The minimum absolute atomic E-state index is 0.00837. The summed E-state index contributed by atoms with van der Waals surface area (Å²) >= 11 is 0. The summed E-state index contributed by atoms with van der Waals surface area (Å²) in [6.07, 6.45) is 0.848. The molecule has 0 radical (unpaired) electrons. The lowest BCUT2D eigenvalue weighted by atomic mass is 9.99. The van der Waals surface area contributed by atoms with Crippen molar-refractivity contribution in [2.24, 2.45) is 4.99 Å². The van der Waals surface area contributed by atoms with Crippen molar-refractivity contribution in [2.45, 2.75) is 19.5 Å². The fraction of sp³-hybridized carbons (Fsp3) is 0.417. The fourth-order valence-corrected chi connectivity index (χ4v) is 3.54. The predicted octanol–water partition coefficient (Wildman–Crippen LogP) is 2.30. The number of hydrogen-bond acceptors (Lipinski definition) is 5. The molecule has 2 aromatic rings. The van der Waals surface area contributed by atoms with E-state index in [2.05, 4.69) is 10.2 Å². The smallest absolute Gasteiger partial charge is 0.241 e. The fourth-order valence-electron chi connectivity index (χ4n) is 3.54. The first kappa shape index (κ1) is 23.2. The van der Waals surface area contributed by atoms with Crippen LogP contribution < -0.4 is 19.5 Å². The molecule has 3 rings (SSSR count). The number of aliphatic imine (C=N–C) groups is 1. The van der Waals surface area contributed by atoms with Gasteiger partial charge in [0.25, 0.3) is 0 Å². The molecule has 0 saturated heterocycles. The van der Waals surface area contributed by atoms with E-state index in [1.165, 1.54) is 5.56 Å². The molecule has 0 saturated carbocycles. The van der Waals surface area contributed by atoms with Crippen molar-refractivity contribution in [1.82, 2.24) is 15.1 Å². The van der Waals surface area contributed by atoms with Crippen LogP contribution in [0, 0.1) is 0 Å². The predicted molar refractivity (Wildman–Crippen MR) is 124 cm³/mol. The van der Waals surface area contributed by atoms with E-state index in [4.69, 9.17) is 19.2 Å². The number of fused-ring (bicyclic) bond motifs is 1. The zero-order valence-electron chi connectivity index (χ0n) is 19.5. The molecule has 8 heteroatoms. The lowest BCUT2D eigenvalue weighted by Crippen LogP contribution is -2.47. The van der Waals surface area contributed by atoms with Gasteiger partial charge in [0.2, 0.25) is 5.91 Å². The van der Waals surface area contributed by atoms with Crippen molar-refractivity contribution in [3.8, 4) is 17.2 Å². The van der Waals surface area contributed by atoms with Gasteiger partial charge in [0.15, 0.2) is 17.5 Å². The number of carbonyl (C=O) groups is 1. The molecular weight excluding hydrogens is 408 g/mol. The molecule has 0 aliphatic carbocycles. The Kier molecular flexibility index (Phi) is 7.81. The van der Waals surface area contributed by atoms with E-state index < -0.39 is 0 Å². The highest BCUT2D eigenvalue weighted by molar-refractivity contribution is 5.86. The molecule has 0 spiro atoms. The number of likely N-dealkylation sites (N-methyl/N-ethyl adjacent to an activating group) is 1. The Balaban J connectivity index is 1.81. The highest BCUT2D eigenvalue weighted by atomic mass is 16.5. The van der Waals surface area contributed by atoms with Gasteiger partial charge in [-0.15, -0.1) is 0 Å². The van der Waals surface area contributed by atoms with Crippen LogP contribution in [0.5, 0.6) is 17.2 Å². The number of amides is 1. The molecule has 1 aliphatic heterocycles. The molecule has 8 nitrogen and oxygen atoms in total. The van der Waals surface area contributed by atoms with E-state index >= 15 is 0 Å². The number of hydrogen-bond donors (Lipinski definition) is 1. The molecule has 0 aromatic heterocycles. The molecule has 0 bridgehead atoms. The monoisotopic (exact) mass is 440 g/mol. The van der Waals surface area contributed by atoms with Gasteiger partial charge in [-0.2, -0.15) is 0 Å². The summed E-state index contributed by atoms with van der Waals surface area (Å²) in [5.41, 5.74) is 3.46. The third-order valence-electron chi connectivity index (χ3n) is 5.48. The van der Waals surface area contributed by atoms with E-state index in [0.717, 1.165) is 35.6 Å². The van der Waals surface area contributed by atoms with E-state index in [9.17, 15) is 4.79 Å². The maximum absolute atomic E-state index is 12.2. The molecule has 0 atom stereocenters. The van der Waals surface area contributed by atoms with Crippen molar-refractivity contribution >= 4 is 11.9 Å². The molecule has 1 aliphatic rings. The quantitative estimate of drug-likeness (QED) is 0.526. The minimum Gasteiger partial charge on any atom is -0.497 e. The average molecular weight is 441 g/mol. The Morgan fingerprint density at radius 2 is 1.69 bits per heavy atom. The summed E-state index contributed by atoms with van der Waals surface area (Å²) < 4.78 is 16.1. The average Bonchev–Trinajstić information content (AvgIpc) is 2.82. The Labute approximate surface area is 189 Å². The van der Waals surface area contributed by atoms with E-state index in [-0.39, 0.29) is 12.5 Å². The Bertz CT molecular complexity index is 957. The summed E-state index contributed by atoms with van der Waals surface area (Å²) in [6, 6.07) is 11.9. The Morgan fingerprint density at radius 3 is 2.28 bits per heavy atom. The summed E-state index contributed by atoms with van der Waals surface area (Å²) in [5, 5.41) is 3.25. The number of methoxy groups -OCH3 is 3. The van der Waals surface area contributed by atoms with Crippen LogP contribution in [0.3, 0.4) is 0 Å². The van der Waals surface area contributed by atoms with Crippen LogP contribution in [0.4, 0.5) is 0 Å². The van der Waals surface area contributed by atoms with Crippen LogP contribution in [0.1, 0.15) is 16.7 Å². The van der Waals surface area contributed by atoms with Gasteiger partial charge >= 0.3 is 0 Å². The van der Waals surface area contributed by atoms with Crippen molar-refractivity contribution in [1.29, 1.82) is 0 Å². The summed E-state index contributed by atoms with van der Waals surface area (Å²) in [5.74, 6) is 2.95. The van der Waals surface area contributed by atoms with Crippen molar-refractivity contribution in [2.75, 3.05) is 48.5 Å². The van der Waals surface area contributed by atoms with E-state index in [0.29, 0.717) is 24.8 Å². The van der Waals surface area contributed by atoms with Crippen LogP contribution in [-0.2, 0) is 24.3 Å². The zero-order valence-corrected chi connectivity index (χ0v) is 19.5. The van der Waals surface area contributed by atoms with Crippen LogP contribution in [0.15, 0.2) is 41.4 Å². The molecule has 0 fully saturated rings. The largest absolute Gasteiger partial charge is 0.497 e. The van der Waals surface area contributed by atoms with Crippen LogP contribution in [-0.4, -0.2) is 70.2 Å².